The molecule has 67 heavy (non-hydrogen) atoms. The van der Waals surface area contributed by atoms with Gasteiger partial charge in [-0.15, -0.1) is 0 Å². The molecule has 1 unspecified atom stereocenters. The third-order valence-corrected chi connectivity index (χ3v) is 12.8. The zero-order chi connectivity index (χ0) is 48.8. The number of nitrogen functional groups attached to an aromatic ring is 1. The maximum Gasteiger partial charge on any atom is 0.308 e. The van der Waals surface area contributed by atoms with Gasteiger partial charge in [-0.2, -0.15) is 0 Å². The number of hydrogen-bond donors (Lipinski definition) is 4. The van der Waals surface area contributed by atoms with E-state index in [0.717, 1.165) is 5.57 Å². The fourth-order valence-corrected chi connectivity index (χ4v) is 9.00. The van der Waals surface area contributed by atoms with Crippen LogP contribution in [0.2, 0.25) is 0 Å². The van der Waals surface area contributed by atoms with Crippen LogP contribution >= 0.6 is 0 Å². The number of aromatic nitrogens is 1. The van der Waals surface area contributed by atoms with Crippen molar-refractivity contribution in [2.75, 3.05) is 73.7 Å². The molecule has 19 heteroatoms. The standard InChI is InChI=1S/C48H74N4O15/c1-27-15-16-36(53)28(2)21-33-17-19-60-25-35(51-64-18-11-13-34-12-10-14-38(49)50-34)26-61-37(29(3)44(33)67-47-43(57)40(52(6)7)41(55)30(4)65-47)22-39(54)62-23-32(20-27)24-63-48-46(59-9)45(58-8)42(56)31(5)66-48/h10-16,20,28-33,37,40-48,55-57H,17-19,21-26H2,1-9H3,(H2,49,50)/b13-11+,16-15+,27-20+,51-35+/t28-,29+,30-,31-,32+,33?,37-,40+,41-,42-,43-,44-,45-,46-,47+,48-/m1/s1. The molecule has 0 amide bonds. The highest BCUT2D eigenvalue weighted by atomic mass is 16.7. The van der Waals surface area contributed by atoms with Gasteiger partial charge in [0.15, 0.2) is 18.4 Å². The Balaban J connectivity index is 1.45. The number of methoxy groups -OCH3 is 2. The number of fused-ring (bicyclic) bond motifs is 3. The number of hydrogen-bond acceptors (Lipinski definition) is 19. The number of cyclic esters (lactones) is 1. The van der Waals surface area contributed by atoms with Gasteiger partial charge in [-0.25, -0.2) is 4.98 Å². The van der Waals surface area contributed by atoms with Crippen molar-refractivity contribution in [2.24, 2.45) is 28.8 Å². The van der Waals surface area contributed by atoms with E-state index in [2.05, 4.69) is 10.1 Å². The smallest absolute Gasteiger partial charge is 0.308 e. The Labute approximate surface area is 394 Å². The lowest BCUT2D eigenvalue weighted by atomic mass is 9.79. The molecule has 0 saturated carbocycles. The van der Waals surface area contributed by atoms with E-state index in [0.29, 0.717) is 30.1 Å². The van der Waals surface area contributed by atoms with E-state index in [1.165, 1.54) is 14.2 Å². The van der Waals surface area contributed by atoms with Crippen LogP contribution in [0.1, 0.15) is 59.6 Å². The number of ketones is 1. The van der Waals surface area contributed by atoms with Crippen molar-refractivity contribution in [3.05, 3.63) is 53.8 Å². The number of carbonyl (C=O) groups excluding carboxylic acids is 2. The minimum atomic E-state index is -1.26. The van der Waals surface area contributed by atoms with Crippen LogP contribution in [-0.4, -0.2) is 184 Å². The van der Waals surface area contributed by atoms with E-state index < -0.39 is 97.3 Å². The molecule has 0 radical (unpaired) electrons. The van der Waals surface area contributed by atoms with Crippen molar-refractivity contribution in [3.8, 4) is 0 Å². The lowest BCUT2D eigenvalue weighted by Crippen LogP contribution is -2.63. The summed E-state index contributed by atoms with van der Waals surface area (Å²) in [6.45, 7) is 9.29. The van der Waals surface area contributed by atoms with Gasteiger partial charge in [0.1, 0.15) is 42.6 Å². The minimum Gasteiger partial charge on any atom is -0.465 e. The number of carbonyl (C=O) groups is 2. The second-order valence-electron chi connectivity index (χ2n) is 18.3. The summed E-state index contributed by atoms with van der Waals surface area (Å²) >= 11 is 0. The van der Waals surface area contributed by atoms with Crippen molar-refractivity contribution in [1.82, 2.24) is 9.88 Å². The molecule has 5 N–H and O–H groups in total. The van der Waals surface area contributed by atoms with Gasteiger partial charge < -0.3 is 73.4 Å². The first-order valence-corrected chi connectivity index (χ1v) is 23.2. The number of rotatable bonds is 12. The molecule has 0 aromatic carbocycles. The van der Waals surface area contributed by atoms with Crippen molar-refractivity contribution in [1.29, 1.82) is 0 Å². The molecule has 3 fully saturated rings. The Morgan fingerprint density at radius 1 is 0.940 bits per heavy atom. The van der Waals surface area contributed by atoms with Crippen molar-refractivity contribution >= 4 is 29.4 Å². The first-order valence-electron chi connectivity index (χ1n) is 23.2. The molecule has 0 aliphatic carbocycles. The first kappa shape index (κ1) is 54.2. The van der Waals surface area contributed by atoms with Gasteiger partial charge in [0, 0.05) is 38.6 Å². The maximum atomic E-state index is 14.1. The predicted octanol–water partition coefficient (Wildman–Crippen LogP) is 2.70. The van der Waals surface area contributed by atoms with Crippen LogP contribution in [0.15, 0.2) is 53.2 Å². The fraction of sp³-hybridized carbons (Fsp3) is 0.708. The molecule has 1 aromatic rings. The Morgan fingerprint density at radius 3 is 2.39 bits per heavy atom. The van der Waals surface area contributed by atoms with Gasteiger partial charge in [-0.05, 0) is 84.0 Å². The van der Waals surface area contributed by atoms with Crippen molar-refractivity contribution in [3.63, 3.8) is 0 Å². The number of nitrogens with zero attached hydrogens (tertiary/aromatic N) is 3. The van der Waals surface area contributed by atoms with E-state index in [4.69, 9.17) is 53.2 Å². The van der Waals surface area contributed by atoms with Crippen LogP contribution in [0.3, 0.4) is 0 Å². The van der Waals surface area contributed by atoms with Crippen LogP contribution < -0.4 is 5.73 Å². The Hall–Kier alpha value is -3.70. The quantitative estimate of drug-likeness (QED) is 0.134. The third kappa shape index (κ3) is 15.4. The number of nitrogens with two attached hydrogens (primary N) is 1. The van der Waals surface area contributed by atoms with Gasteiger partial charge in [0.05, 0.1) is 75.1 Å². The van der Waals surface area contributed by atoms with Gasteiger partial charge >= 0.3 is 5.97 Å². The number of pyridine rings is 1. The molecule has 4 aliphatic rings. The van der Waals surface area contributed by atoms with Crippen molar-refractivity contribution < 1.29 is 72.4 Å². The number of oxime groups is 1. The number of esters is 1. The zero-order valence-electron chi connectivity index (χ0n) is 40.4. The molecule has 5 heterocycles. The first-order chi connectivity index (χ1) is 32.0. The molecular formula is C48H74N4O15. The van der Waals surface area contributed by atoms with Crippen LogP contribution in [-0.2, 0) is 57.1 Å². The average molecular weight is 947 g/mol. The van der Waals surface area contributed by atoms with Crippen LogP contribution in [0, 0.1) is 23.7 Å². The number of aliphatic hydroxyl groups excluding tert-OH is 3. The minimum absolute atomic E-state index is 0.0240. The molecule has 5 rings (SSSR count). The summed E-state index contributed by atoms with van der Waals surface area (Å²) in [5, 5.41) is 37.7. The van der Waals surface area contributed by atoms with E-state index in [-0.39, 0.29) is 57.8 Å². The molecule has 0 spiro atoms. The Bertz CT molecular complexity index is 1850. The van der Waals surface area contributed by atoms with E-state index in [1.54, 1.807) is 69.3 Å². The van der Waals surface area contributed by atoms with Crippen molar-refractivity contribution in [2.45, 2.75) is 127 Å². The normalized spacial score (nSPS) is 38.6. The summed E-state index contributed by atoms with van der Waals surface area (Å²) in [6, 6.07) is 4.60. The SMILES string of the molecule is CO[C@@H]1[C@H](O)[C@@H](C)O[C@@H](OC[C@H]2/C=C(C)/C=C/C(=O)[C@H](C)CC3CCOC/C(=N\OC/C=C/c4cccc(N)n4)CO[C@H](CC(=O)OC2)[C@H](C)[C@H]3O[C@@H]2O[C@H](C)[C@@H](O)[C@H](N(C)C)[C@H]2O)[C@@H]1OC. The topological polar surface area (TPSA) is 242 Å². The third-order valence-electron chi connectivity index (χ3n) is 12.8. The molecule has 376 valence electrons. The molecule has 3 saturated heterocycles. The van der Waals surface area contributed by atoms with E-state index in [1.807, 2.05) is 32.9 Å². The van der Waals surface area contributed by atoms with E-state index >= 15 is 0 Å². The summed E-state index contributed by atoms with van der Waals surface area (Å²) < 4.78 is 55.2. The highest BCUT2D eigenvalue weighted by molar-refractivity contribution is 5.91. The summed E-state index contributed by atoms with van der Waals surface area (Å²) in [6.07, 6.45) is -0.472. The Morgan fingerprint density at radius 2 is 1.67 bits per heavy atom. The lowest BCUT2D eigenvalue weighted by Gasteiger charge is -2.47. The molecule has 2 bridgehead atoms. The van der Waals surface area contributed by atoms with Gasteiger partial charge in [0.2, 0.25) is 0 Å². The molecule has 16 atom stereocenters. The predicted molar refractivity (Wildman–Crippen MR) is 246 cm³/mol. The Kier molecular flexibility index (Phi) is 21.3. The number of anilines is 1. The van der Waals surface area contributed by atoms with Crippen LogP contribution in [0.4, 0.5) is 5.82 Å². The summed E-state index contributed by atoms with van der Waals surface area (Å²) in [5.74, 6) is -2.21. The number of allylic oxidation sites excluding steroid dienone is 3. The van der Waals surface area contributed by atoms with Crippen LogP contribution in [0.25, 0.3) is 6.08 Å². The summed E-state index contributed by atoms with van der Waals surface area (Å²) in [7, 11) is 6.48. The highest BCUT2D eigenvalue weighted by Gasteiger charge is 2.48. The van der Waals surface area contributed by atoms with Gasteiger partial charge in [0.25, 0.3) is 0 Å². The lowest BCUT2D eigenvalue weighted by molar-refractivity contribution is -0.305. The monoisotopic (exact) mass is 947 g/mol. The number of aliphatic hydroxyl groups is 3. The van der Waals surface area contributed by atoms with Gasteiger partial charge in [-0.3, -0.25) is 9.59 Å². The number of ether oxygens (including phenoxy) is 9. The maximum absolute atomic E-state index is 14.1. The second kappa shape index (κ2) is 26.3. The molecule has 1 aromatic heterocycles. The highest BCUT2D eigenvalue weighted by Crippen LogP contribution is 2.36. The molecule has 4 aliphatic heterocycles. The summed E-state index contributed by atoms with van der Waals surface area (Å²) in [5.41, 5.74) is 7.63. The number of likely N-dealkylation sites (N-methyl/N-ethyl adjacent to an activating group) is 1. The van der Waals surface area contributed by atoms with Gasteiger partial charge in [-0.1, -0.05) is 42.8 Å². The molecule has 19 nitrogen and oxygen atoms in total. The molecular weight excluding hydrogens is 873 g/mol. The average Bonchev–Trinajstić information content (AvgIpc) is 3.31. The zero-order valence-corrected chi connectivity index (χ0v) is 40.4. The van der Waals surface area contributed by atoms with E-state index in [9.17, 15) is 24.9 Å². The largest absolute Gasteiger partial charge is 0.465 e. The van der Waals surface area contributed by atoms with Crippen LogP contribution in [0.5, 0.6) is 0 Å². The summed E-state index contributed by atoms with van der Waals surface area (Å²) in [4.78, 5) is 39.6. The fourth-order valence-electron chi connectivity index (χ4n) is 9.00. The second-order valence-corrected chi connectivity index (χ2v) is 18.3.